The first kappa shape index (κ1) is 16.5. The molecular weight excluding hydrogens is 258 g/mol. The molecule has 1 heterocycles. The monoisotopic (exact) mass is 283 g/mol. The van der Waals surface area contributed by atoms with Crippen molar-refractivity contribution < 1.29 is 14.4 Å². The van der Waals surface area contributed by atoms with Crippen LogP contribution in [0.15, 0.2) is 4.52 Å². The summed E-state index contributed by atoms with van der Waals surface area (Å²) in [5, 5.41) is 18.4. The number of nitrogens with one attached hydrogen (secondary N) is 2. The number of rotatable bonds is 7. The molecule has 2 atom stereocenters. The molecule has 0 spiro atoms. The van der Waals surface area contributed by atoms with Gasteiger partial charge in [0.1, 0.15) is 5.76 Å². The Bertz CT molecular complexity index is 412. The number of hydrogen-bond acceptors (Lipinski definition) is 4. The van der Waals surface area contributed by atoms with E-state index in [4.69, 9.17) is 9.63 Å². The molecule has 0 bridgehead atoms. The highest BCUT2D eigenvalue weighted by atomic mass is 16.5. The summed E-state index contributed by atoms with van der Waals surface area (Å²) in [6, 6.07) is -0.139. The molecule has 2 unspecified atom stereocenters. The van der Waals surface area contributed by atoms with E-state index in [-0.39, 0.29) is 24.7 Å². The third kappa shape index (κ3) is 5.21. The van der Waals surface area contributed by atoms with Gasteiger partial charge in [0.2, 0.25) is 0 Å². The van der Waals surface area contributed by atoms with Crippen LogP contribution in [-0.4, -0.2) is 35.0 Å². The van der Waals surface area contributed by atoms with E-state index in [0.717, 1.165) is 23.4 Å². The van der Waals surface area contributed by atoms with E-state index in [0.29, 0.717) is 12.8 Å². The van der Waals surface area contributed by atoms with Crippen LogP contribution in [0.2, 0.25) is 0 Å². The fourth-order valence-corrected chi connectivity index (χ4v) is 2.11. The smallest absolute Gasteiger partial charge is 0.315 e. The van der Waals surface area contributed by atoms with E-state index < -0.39 is 0 Å². The van der Waals surface area contributed by atoms with Gasteiger partial charge in [-0.3, -0.25) is 0 Å². The fraction of sp³-hybridized carbons (Fsp3) is 0.714. The Kier molecular flexibility index (Phi) is 6.51. The summed E-state index contributed by atoms with van der Waals surface area (Å²) >= 11 is 0. The molecular formula is C14H25N3O3. The molecule has 0 fully saturated rings. The highest BCUT2D eigenvalue weighted by Gasteiger charge is 2.15. The molecule has 0 aliphatic carbocycles. The number of aromatic nitrogens is 1. The van der Waals surface area contributed by atoms with Gasteiger partial charge in [-0.25, -0.2) is 4.79 Å². The molecule has 0 saturated carbocycles. The van der Waals surface area contributed by atoms with Gasteiger partial charge in [0, 0.05) is 24.3 Å². The summed E-state index contributed by atoms with van der Waals surface area (Å²) in [5.74, 6) is 0.799. The van der Waals surface area contributed by atoms with Crippen molar-refractivity contribution in [3.8, 4) is 0 Å². The average molecular weight is 283 g/mol. The quantitative estimate of drug-likeness (QED) is 0.710. The second kappa shape index (κ2) is 7.89. The lowest BCUT2D eigenvalue weighted by atomic mass is 10.1. The first-order valence-electron chi connectivity index (χ1n) is 7.03. The number of carbonyl (C=O) groups is 1. The van der Waals surface area contributed by atoms with E-state index >= 15 is 0 Å². The van der Waals surface area contributed by atoms with E-state index in [9.17, 15) is 4.79 Å². The lowest BCUT2D eigenvalue weighted by molar-refractivity contribution is 0.231. The summed E-state index contributed by atoms with van der Waals surface area (Å²) in [6.07, 6.45) is 2.15. The maximum atomic E-state index is 11.8. The van der Waals surface area contributed by atoms with E-state index in [1.165, 1.54) is 0 Å². The topological polar surface area (TPSA) is 87.4 Å². The van der Waals surface area contributed by atoms with Crippen LogP contribution in [0, 0.1) is 13.8 Å². The molecule has 20 heavy (non-hydrogen) atoms. The normalized spacial score (nSPS) is 13.8. The molecule has 0 aromatic carbocycles. The Balaban J connectivity index is 2.38. The van der Waals surface area contributed by atoms with Crippen LogP contribution in [0.3, 0.4) is 0 Å². The largest absolute Gasteiger partial charge is 0.396 e. The fourth-order valence-electron chi connectivity index (χ4n) is 2.11. The number of aryl methyl sites for hydroxylation is 2. The van der Waals surface area contributed by atoms with E-state index in [2.05, 4.69) is 15.8 Å². The summed E-state index contributed by atoms with van der Waals surface area (Å²) in [6.45, 7) is 7.79. The first-order chi connectivity index (χ1) is 9.43. The SMILES string of the molecule is Cc1noc(C)c1CC(C)NC(=O)NC(C)CCCO. The van der Waals surface area contributed by atoms with Crippen LogP contribution in [-0.2, 0) is 6.42 Å². The van der Waals surface area contributed by atoms with Crippen LogP contribution in [0.4, 0.5) is 4.79 Å². The van der Waals surface area contributed by atoms with Gasteiger partial charge >= 0.3 is 6.03 Å². The van der Waals surface area contributed by atoms with Crippen LogP contribution in [0.25, 0.3) is 0 Å². The van der Waals surface area contributed by atoms with Gasteiger partial charge in [-0.15, -0.1) is 0 Å². The zero-order valence-corrected chi connectivity index (χ0v) is 12.7. The molecule has 114 valence electrons. The lowest BCUT2D eigenvalue weighted by Gasteiger charge is -2.18. The van der Waals surface area contributed by atoms with E-state index in [1.54, 1.807) is 0 Å². The van der Waals surface area contributed by atoms with Crippen LogP contribution >= 0.6 is 0 Å². The number of carbonyl (C=O) groups excluding carboxylic acids is 1. The minimum atomic E-state index is -0.185. The average Bonchev–Trinajstić information content (AvgIpc) is 2.67. The Hall–Kier alpha value is -1.56. The second-order valence-electron chi connectivity index (χ2n) is 5.29. The van der Waals surface area contributed by atoms with Gasteiger partial charge in [-0.05, 0) is 47.0 Å². The van der Waals surface area contributed by atoms with Crippen molar-refractivity contribution >= 4 is 6.03 Å². The molecule has 6 nitrogen and oxygen atoms in total. The van der Waals surface area contributed by atoms with Gasteiger partial charge in [0.15, 0.2) is 0 Å². The summed E-state index contributed by atoms with van der Waals surface area (Å²) in [4.78, 5) is 11.8. The summed E-state index contributed by atoms with van der Waals surface area (Å²) in [7, 11) is 0. The van der Waals surface area contributed by atoms with Crippen molar-refractivity contribution in [1.82, 2.24) is 15.8 Å². The molecule has 1 rings (SSSR count). The Morgan fingerprint density at radius 1 is 1.30 bits per heavy atom. The molecule has 2 amide bonds. The van der Waals surface area contributed by atoms with Gasteiger partial charge in [0.25, 0.3) is 0 Å². The van der Waals surface area contributed by atoms with Crippen molar-refractivity contribution in [2.75, 3.05) is 6.61 Å². The predicted molar refractivity (Wildman–Crippen MR) is 76.6 cm³/mol. The number of nitrogens with zero attached hydrogens (tertiary/aromatic N) is 1. The van der Waals surface area contributed by atoms with Crippen molar-refractivity contribution in [3.05, 3.63) is 17.0 Å². The predicted octanol–water partition coefficient (Wildman–Crippen LogP) is 1.68. The van der Waals surface area contributed by atoms with Crippen molar-refractivity contribution in [2.24, 2.45) is 0 Å². The maximum absolute atomic E-state index is 11.8. The molecule has 0 saturated heterocycles. The minimum Gasteiger partial charge on any atom is -0.396 e. The minimum absolute atomic E-state index is 0.00292. The number of urea groups is 1. The Labute approximate surface area is 119 Å². The van der Waals surface area contributed by atoms with Crippen LogP contribution in [0.5, 0.6) is 0 Å². The second-order valence-corrected chi connectivity index (χ2v) is 5.29. The zero-order chi connectivity index (χ0) is 15.1. The highest BCUT2D eigenvalue weighted by molar-refractivity contribution is 5.74. The maximum Gasteiger partial charge on any atom is 0.315 e. The summed E-state index contributed by atoms with van der Waals surface area (Å²) < 4.78 is 5.11. The van der Waals surface area contributed by atoms with Gasteiger partial charge in [0.05, 0.1) is 5.69 Å². The van der Waals surface area contributed by atoms with Crippen molar-refractivity contribution in [3.63, 3.8) is 0 Å². The standard InChI is InChI=1S/C14H25N3O3/c1-9(6-5-7-18)15-14(19)16-10(2)8-13-11(3)17-20-12(13)4/h9-10,18H,5-8H2,1-4H3,(H2,15,16,19). The molecule has 1 aromatic heterocycles. The van der Waals surface area contributed by atoms with Crippen molar-refractivity contribution in [1.29, 1.82) is 0 Å². The Morgan fingerprint density at radius 2 is 1.95 bits per heavy atom. The number of hydrogen-bond donors (Lipinski definition) is 3. The zero-order valence-electron chi connectivity index (χ0n) is 12.7. The highest BCUT2D eigenvalue weighted by Crippen LogP contribution is 2.14. The number of aliphatic hydroxyl groups excluding tert-OH is 1. The van der Waals surface area contributed by atoms with Crippen LogP contribution in [0.1, 0.15) is 43.7 Å². The molecule has 1 aromatic rings. The van der Waals surface area contributed by atoms with Crippen molar-refractivity contribution in [2.45, 2.75) is 59.0 Å². The third-order valence-electron chi connectivity index (χ3n) is 3.24. The number of amides is 2. The van der Waals surface area contributed by atoms with E-state index in [1.807, 2.05) is 27.7 Å². The van der Waals surface area contributed by atoms with Crippen LogP contribution < -0.4 is 10.6 Å². The molecule has 3 N–H and O–H groups in total. The third-order valence-corrected chi connectivity index (χ3v) is 3.24. The van der Waals surface area contributed by atoms with Gasteiger partial charge < -0.3 is 20.3 Å². The van der Waals surface area contributed by atoms with Gasteiger partial charge in [-0.1, -0.05) is 5.16 Å². The molecule has 6 heteroatoms. The first-order valence-corrected chi connectivity index (χ1v) is 7.03. The number of aliphatic hydroxyl groups is 1. The molecule has 0 radical (unpaired) electrons. The Morgan fingerprint density at radius 3 is 2.50 bits per heavy atom. The molecule has 0 aliphatic heterocycles. The summed E-state index contributed by atoms with van der Waals surface area (Å²) in [5.41, 5.74) is 1.92. The lowest BCUT2D eigenvalue weighted by Crippen LogP contribution is -2.45. The molecule has 0 aliphatic rings. The van der Waals surface area contributed by atoms with Gasteiger partial charge in [-0.2, -0.15) is 0 Å².